The van der Waals surface area contributed by atoms with Gasteiger partial charge in [-0.05, 0) is 95.8 Å². The minimum absolute atomic E-state index is 0.643. The molecule has 0 bridgehead atoms. The first kappa shape index (κ1) is 53.1. The van der Waals surface area contributed by atoms with E-state index in [2.05, 4.69) is 78.4 Å². The molecule has 7 rings (SSSR count). The highest BCUT2D eigenvalue weighted by molar-refractivity contribution is 5.85. The third-order valence-corrected chi connectivity index (χ3v) is 13.2. The van der Waals surface area contributed by atoms with Crippen molar-refractivity contribution in [2.24, 2.45) is 0 Å². The molecule has 0 saturated carbocycles. The van der Waals surface area contributed by atoms with Gasteiger partial charge < -0.3 is 14.2 Å². The number of unbranched alkanes of at least 4 members (excludes halogenated alkanes) is 18. The number of hydrogen-bond donors (Lipinski definition) is 0. The molecule has 376 valence electrons. The van der Waals surface area contributed by atoms with Crippen LogP contribution in [0.25, 0.3) is 69.2 Å². The fourth-order valence-electron chi connectivity index (χ4n) is 8.95. The highest BCUT2D eigenvalue weighted by Crippen LogP contribution is 2.34. The van der Waals surface area contributed by atoms with Crippen molar-refractivity contribution in [3.63, 3.8) is 0 Å². The van der Waals surface area contributed by atoms with Crippen molar-refractivity contribution < 1.29 is 14.2 Å². The summed E-state index contributed by atoms with van der Waals surface area (Å²) >= 11 is 0. The van der Waals surface area contributed by atoms with Crippen LogP contribution in [0.1, 0.15) is 165 Å². The Morgan fingerprint density at radius 2 is 0.806 bits per heavy atom. The Hall–Kier alpha value is -6.67. The van der Waals surface area contributed by atoms with E-state index in [1.807, 2.05) is 78.9 Å². The molecule has 8 heteroatoms. The van der Waals surface area contributed by atoms with Crippen molar-refractivity contribution in [1.82, 2.24) is 24.9 Å². The molecule has 0 saturated heterocycles. The number of aromatic nitrogens is 5. The number of rotatable bonds is 32. The maximum atomic E-state index is 6.56. The average molecular weight is 964 g/mol. The van der Waals surface area contributed by atoms with Crippen LogP contribution in [0.15, 0.2) is 122 Å². The number of hydrogen-bond acceptors (Lipinski definition) is 8. The van der Waals surface area contributed by atoms with Crippen molar-refractivity contribution in [3.05, 3.63) is 144 Å². The summed E-state index contributed by atoms with van der Waals surface area (Å²) in [4.78, 5) is 24.7. The maximum Gasteiger partial charge on any atom is 0.163 e. The zero-order valence-electron chi connectivity index (χ0n) is 43.4. The number of ether oxygens (including phenoxy) is 3. The van der Waals surface area contributed by atoms with Crippen LogP contribution in [0.3, 0.4) is 0 Å². The lowest BCUT2D eigenvalue weighted by atomic mass is 10.0. The Labute approximate surface area is 430 Å². The summed E-state index contributed by atoms with van der Waals surface area (Å²) in [5.74, 6) is 2.29. The average Bonchev–Trinajstić information content (AvgIpc) is 3.43. The van der Waals surface area contributed by atoms with E-state index < -0.39 is 0 Å². The Morgan fingerprint density at radius 1 is 0.389 bits per heavy atom. The number of benzene rings is 3. The predicted molar refractivity (Wildman–Crippen MR) is 301 cm³/mol. The van der Waals surface area contributed by atoms with Gasteiger partial charge in [-0.25, -0.2) is 15.0 Å². The summed E-state index contributed by atoms with van der Waals surface area (Å²) in [5.41, 5.74) is 10.4. The fourth-order valence-corrected chi connectivity index (χ4v) is 8.95. The summed E-state index contributed by atoms with van der Waals surface area (Å²) in [7, 11) is 1.68. The van der Waals surface area contributed by atoms with Crippen LogP contribution in [0.2, 0.25) is 0 Å². The molecule has 0 unspecified atom stereocenters. The quantitative estimate of drug-likeness (QED) is 0.0386. The molecule has 0 radical (unpaired) electrons. The third kappa shape index (κ3) is 17.3. The van der Waals surface area contributed by atoms with Gasteiger partial charge in [-0.3, -0.25) is 9.97 Å². The first-order chi connectivity index (χ1) is 35.6. The lowest BCUT2D eigenvalue weighted by Crippen LogP contribution is -2.04. The van der Waals surface area contributed by atoms with E-state index in [4.69, 9.17) is 29.2 Å². The van der Waals surface area contributed by atoms with Crippen molar-refractivity contribution in [1.29, 1.82) is 0 Å². The summed E-state index contributed by atoms with van der Waals surface area (Å²) in [6.07, 6.45) is 37.5. The number of nitrogens with zero attached hydrogens (tertiary/aromatic N) is 5. The molecule has 0 spiro atoms. The van der Waals surface area contributed by atoms with E-state index in [0.717, 1.165) is 104 Å². The first-order valence-electron chi connectivity index (χ1n) is 27.2. The monoisotopic (exact) mass is 964 g/mol. The topological polar surface area (TPSA) is 92.1 Å². The summed E-state index contributed by atoms with van der Waals surface area (Å²) < 4.78 is 18.5. The zero-order chi connectivity index (χ0) is 49.8. The van der Waals surface area contributed by atoms with Crippen molar-refractivity contribution in [2.75, 3.05) is 20.3 Å². The highest BCUT2D eigenvalue weighted by Gasteiger charge is 2.14. The lowest BCUT2D eigenvalue weighted by Gasteiger charge is -2.15. The van der Waals surface area contributed by atoms with Crippen molar-refractivity contribution in [3.8, 4) is 51.2 Å². The van der Waals surface area contributed by atoms with Crippen LogP contribution in [0, 0.1) is 0 Å². The largest absolute Gasteiger partial charge is 0.497 e. The molecule has 0 fully saturated rings. The molecular weight excluding hydrogens is 887 g/mol. The Morgan fingerprint density at radius 3 is 1.21 bits per heavy atom. The molecular formula is C64H77N5O3. The van der Waals surface area contributed by atoms with E-state index in [-0.39, 0.29) is 0 Å². The van der Waals surface area contributed by atoms with Crippen LogP contribution < -0.4 is 14.2 Å². The highest BCUT2D eigenvalue weighted by atomic mass is 16.5. The molecule has 0 amide bonds. The molecule has 72 heavy (non-hydrogen) atoms. The van der Waals surface area contributed by atoms with E-state index in [9.17, 15) is 0 Å². The lowest BCUT2D eigenvalue weighted by molar-refractivity contribution is 0.259. The molecule has 8 nitrogen and oxygen atoms in total. The minimum Gasteiger partial charge on any atom is -0.497 e. The van der Waals surface area contributed by atoms with Crippen LogP contribution >= 0.6 is 0 Å². The van der Waals surface area contributed by atoms with Crippen LogP contribution in [0.5, 0.6) is 17.2 Å². The molecule has 0 aliphatic carbocycles. The number of pyridine rings is 3. The fraction of sp³-hybridized carbons (Fsp3) is 0.391. The van der Waals surface area contributed by atoms with Gasteiger partial charge in [0.2, 0.25) is 0 Å². The smallest absolute Gasteiger partial charge is 0.163 e. The number of fused-ring (bicyclic) bond motifs is 1. The molecule has 0 aliphatic heterocycles. The van der Waals surface area contributed by atoms with Gasteiger partial charge in [0.15, 0.2) is 11.5 Å². The van der Waals surface area contributed by atoms with Crippen molar-refractivity contribution >= 4 is 35.3 Å². The maximum absolute atomic E-state index is 6.56. The van der Waals surface area contributed by atoms with Gasteiger partial charge in [0.25, 0.3) is 0 Å². The second-order valence-electron chi connectivity index (χ2n) is 19.0. The first-order valence-corrected chi connectivity index (χ1v) is 27.2. The number of methoxy groups -OCH3 is 1. The predicted octanol–water partition coefficient (Wildman–Crippen LogP) is 17.8. The Bertz CT molecular complexity index is 2650. The summed E-state index contributed by atoms with van der Waals surface area (Å²) in [6.45, 7) is 5.85. The molecule has 4 aromatic heterocycles. The molecule has 7 aromatic rings. The van der Waals surface area contributed by atoms with Gasteiger partial charge in [-0.1, -0.05) is 190 Å². The second-order valence-corrected chi connectivity index (χ2v) is 19.0. The molecule has 4 heterocycles. The normalized spacial score (nSPS) is 11.5. The molecule has 0 N–H and O–H groups in total. The van der Waals surface area contributed by atoms with Crippen LogP contribution in [0.4, 0.5) is 0 Å². The van der Waals surface area contributed by atoms with E-state index in [0.29, 0.717) is 13.2 Å². The Balaban J connectivity index is 1.11. The second kappa shape index (κ2) is 30.3. The SMILES string of the molecule is CCCCCCCCCCCCOc1cc2nc(/C=C/c3ccc(OC)cc3)c(/C=C/c3ccc(-c4cc(-c5ccccn5)nc(-c5ccccn5)c4)cc3)nc2cc1OCCCCCCCCCCCC. The molecule has 3 aromatic carbocycles. The standard InChI is InChI=1S/C64H77N5O3/c1-4-6-8-10-12-14-16-18-20-26-44-71-63-48-61-62(49-64(63)72-45-27-21-19-17-15-13-11-9-7-5-2)68-58(41-35-51-32-38-54(70-3)39-33-51)57(67-61)40-34-50-30-36-52(37-31-50)53-46-59(55-28-22-24-42-65-55)69-60(47-53)56-29-23-25-43-66-56/h22-25,28-43,46-49H,4-21,26-27,44-45H2,1-3H3/b40-34+,41-35+. The van der Waals surface area contributed by atoms with Gasteiger partial charge >= 0.3 is 0 Å². The Kier molecular flexibility index (Phi) is 22.3. The van der Waals surface area contributed by atoms with Gasteiger partial charge in [0.05, 0.1) is 65.5 Å². The van der Waals surface area contributed by atoms with E-state index in [1.54, 1.807) is 19.5 Å². The van der Waals surface area contributed by atoms with Gasteiger partial charge in [0, 0.05) is 24.5 Å². The molecule has 0 atom stereocenters. The van der Waals surface area contributed by atoms with E-state index in [1.165, 1.54) is 109 Å². The van der Waals surface area contributed by atoms with Crippen LogP contribution in [-0.2, 0) is 0 Å². The zero-order valence-corrected chi connectivity index (χ0v) is 43.4. The summed E-state index contributed by atoms with van der Waals surface area (Å²) in [6, 6.07) is 36.6. The van der Waals surface area contributed by atoms with Gasteiger partial charge in [-0.15, -0.1) is 0 Å². The van der Waals surface area contributed by atoms with Gasteiger partial charge in [0.1, 0.15) is 5.75 Å². The van der Waals surface area contributed by atoms with Crippen molar-refractivity contribution in [2.45, 2.75) is 142 Å². The third-order valence-electron chi connectivity index (χ3n) is 13.2. The van der Waals surface area contributed by atoms with E-state index >= 15 is 0 Å². The van der Waals surface area contributed by atoms with Gasteiger partial charge in [-0.2, -0.15) is 0 Å². The molecule has 0 aliphatic rings. The minimum atomic E-state index is 0.643. The summed E-state index contributed by atoms with van der Waals surface area (Å²) in [5, 5.41) is 0. The van der Waals surface area contributed by atoms with Crippen LogP contribution in [-0.4, -0.2) is 45.2 Å².